The van der Waals surface area contributed by atoms with Crippen molar-refractivity contribution in [2.75, 3.05) is 12.3 Å². The Kier molecular flexibility index (Phi) is 4.77. The molecule has 0 radical (unpaired) electrons. The van der Waals surface area contributed by atoms with Crippen LogP contribution in [-0.2, 0) is 10.0 Å². The van der Waals surface area contributed by atoms with E-state index in [1.54, 1.807) is 0 Å². The van der Waals surface area contributed by atoms with Crippen LogP contribution in [0, 0.1) is 5.41 Å². The Morgan fingerprint density at radius 3 is 2.45 bits per heavy atom. The van der Waals surface area contributed by atoms with Crippen molar-refractivity contribution >= 4 is 21.7 Å². The summed E-state index contributed by atoms with van der Waals surface area (Å²) in [6.45, 7) is 6.21. The van der Waals surface area contributed by atoms with E-state index in [1.165, 1.54) is 12.1 Å². The van der Waals surface area contributed by atoms with Crippen LogP contribution in [0.4, 0.5) is 5.69 Å². The van der Waals surface area contributed by atoms with E-state index in [-0.39, 0.29) is 28.1 Å². The second-order valence-electron chi connectivity index (χ2n) is 5.77. The van der Waals surface area contributed by atoms with Gasteiger partial charge in [0, 0.05) is 12.2 Å². The van der Waals surface area contributed by atoms with Crippen LogP contribution in [0.5, 0.6) is 0 Å². The molecule has 0 saturated carbocycles. The van der Waals surface area contributed by atoms with E-state index in [0.29, 0.717) is 6.42 Å². The molecule has 0 aromatic heterocycles. The minimum absolute atomic E-state index is 0.0200. The molecule has 0 heterocycles. The minimum Gasteiger partial charge on any atom is -0.478 e. The third-order valence-corrected chi connectivity index (χ3v) is 4.19. The van der Waals surface area contributed by atoms with E-state index in [2.05, 4.69) is 4.72 Å². The van der Waals surface area contributed by atoms with Crippen molar-refractivity contribution in [1.82, 2.24) is 4.72 Å². The molecule has 7 heteroatoms. The largest absolute Gasteiger partial charge is 0.478 e. The molecule has 1 aromatic carbocycles. The van der Waals surface area contributed by atoms with Gasteiger partial charge in [0.1, 0.15) is 0 Å². The summed E-state index contributed by atoms with van der Waals surface area (Å²) < 4.78 is 26.7. The first kappa shape index (κ1) is 16.5. The summed E-state index contributed by atoms with van der Waals surface area (Å²) in [5.74, 6) is -1.30. The average molecular weight is 300 g/mol. The number of nitrogen functional groups attached to an aromatic ring is 1. The Morgan fingerprint density at radius 1 is 1.35 bits per heavy atom. The van der Waals surface area contributed by atoms with E-state index in [0.717, 1.165) is 6.07 Å². The van der Waals surface area contributed by atoms with Gasteiger partial charge >= 0.3 is 5.97 Å². The Hall–Kier alpha value is -1.60. The Balaban J connectivity index is 3.03. The molecule has 1 rings (SSSR count). The van der Waals surface area contributed by atoms with Gasteiger partial charge in [-0.2, -0.15) is 0 Å². The highest BCUT2D eigenvalue weighted by molar-refractivity contribution is 7.89. The fraction of sp³-hybridized carbons (Fsp3) is 0.462. The smallest absolute Gasteiger partial charge is 0.337 e. The van der Waals surface area contributed by atoms with E-state index in [9.17, 15) is 13.2 Å². The van der Waals surface area contributed by atoms with Crippen molar-refractivity contribution in [3.8, 4) is 0 Å². The highest BCUT2D eigenvalue weighted by Crippen LogP contribution is 2.21. The van der Waals surface area contributed by atoms with Crippen molar-refractivity contribution in [3.05, 3.63) is 23.8 Å². The lowest BCUT2D eigenvalue weighted by molar-refractivity contribution is 0.0692. The molecular weight excluding hydrogens is 280 g/mol. The van der Waals surface area contributed by atoms with Crippen molar-refractivity contribution in [1.29, 1.82) is 0 Å². The van der Waals surface area contributed by atoms with Crippen molar-refractivity contribution < 1.29 is 18.3 Å². The second-order valence-corrected chi connectivity index (χ2v) is 7.50. The molecule has 20 heavy (non-hydrogen) atoms. The van der Waals surface area contributed by atoms with Crippen LogP contribution < -0.4 is 10.5 Å². The van der Waals surface area contributed by atoms with E-state index in [4.69, 9.17) is 10.8 Å². The van der Waals surface area contributed by atoms with Gasteiger partial charge in [-0.15, -0.1) is 0 Å². The van der Waals surface area contributed by atoms with Gasteiger partial charge in [-0.1, -0.05) is 20.8 Å². The van der Waals surface area contributed by atoms with Gasteiger partial charge in [-0.05, 0) is 30.0 Å². The fourth-order valence-corrected chi connectivity index (χ4v) is 2.84. The number of hydrogen-bond acceptors (Lipinski definition) is 4. The molecule has 0 saturated heterocycles. The number of carbonyl (C=O) groups is 1. The maximum Gasteiger partial charge on any atom is 0.337 e. The van der Waals surface area contributed by atoms with E-state index >= 15 is 0 Å². The number of sulfonamides is 1. The van der Waals surface area contributed by atoms with Crippen LogP contribution in [0.2, 0.25) is 0 Å². The zero-order valence-corrected chi connectivity index (χ0v) is 12.6. The van der Waals surface area contributed by atoms with Crippen LogP contribution in [0.15, 0.2) is 23.1 Å². The molecule has 4 N–H and O–H groups in total. The molecule has 0 bridgehead atoms. The molecule has 0 fully saturated rings. The summed E-state index contributed by atoms with van der Waals surface area (Å²) in [5, 5.41) is 9.04. The number of carboxylic acids is 1. The molecule has 0 aliphatic rings. The number of nitrogens with two attached hydrogens (primary N) is 1. The van der Waals surface area contributed by atoms with E-state index in [1.807, 2.05) is 20.8 Å². The maximum atomic E-state index is 12.2. The predicted molar refractivity (Wildman–Crippen MR) is 77.1 cm³/mol. The van der Waals surface area contributed by atoms with E-state index < -0.39 is 16.0 Å². The number of carboxylic acid groups (broad SMARTS) is 1. The van der Waals surface area contributed by atoms with Gasteiger partial charge < -0.3 is 10.8 Å². The van der Waals surface area contributed by atoms with Crippen LogP contribution >= 0.6 is 0 Å². The molecule has 0 spiro atoms. The van der Waals surface area contributed by atoms with Crippen molar-refractivity contribution in [2.24, 2.45) is 5.41 Å². The lowest BCUT2D eigenvalue weighted by Crippen LogP contribution is -2.28. The topological polar surface area (TPSA) is 109 Å². The average Bonchev–Trinajstić information content (AvgIpc) is 2.26. The number of nitrogens with one attached hydrogen (secondary N) is 1. The van der Waals surface area contributed by atoms with Crippen LogP contribution in [0.3, 0.4) is 0 Å². The summed E-state index contributed by atoms with van der Waals surface area (Å²) in [4.78, 5) is 10.8. The van der Waals surface area contributed by atoms with Crippen LogP contribution in [0.25, 0.3) is 0 Å². The monoisotopic (exact) mass is 300 g/mol. The summed E-state index contributed by atoms with van der Waals surface area (Å²) in [6.07, 6.45) is 0.636. The summed E-state index contributed by atoms with van der Waals surface area (Å²) in [7, 11) is -3.89. The van der Waals surface area contributed by atoms with Gasteiger partial charge in [-0.3, -0.25) is 0 Å². The van der Waals surface area contributed by atoms with Gasteiger partial charge in [0.05, 0.1) is 10.5 Å². The third kappa shape index (κ3) is 4.50. The van der Waals surface area contributed by atoms with Crippen LogP contribution in [-0.4, -0.2) is 26.0 Å². The standard InChI is InChI=1S/C13H20N2O4S/c1-13(2,3)6-7-15-20(18,19)11-8-9(14)4-5-10(11)12(16)17/h4-5,8,15H,6-7,14H2,1-3H3,(H,16,17). The van der Waals surface area contributed by atoms with Crippen molar-refractivity contribution in [3.63, 3.8) is 0 Å². The molecule has 0 unspecified atom stereocenters. The number of anilines is 1. The predicted octanol–water partition coefficient (Wildman–Crippen LogP) is 1.68. The molecular formula is C13H20N2O4S. The number of hydrogen-bond donors (Lipinski definition) is 3. The van der Waals surface area contributed by atoms with Gasteiger partial charge in [-0.25, -0.2) is 17.9 Å². The normalized spacial score (nSPS) is 12.3. The highest BCUT2D eigenvalue weighted by atomic mass is 32.2. The quantitative estimate of drug-likeness (QED) is 0.717. The highest BCUT2D eigenvalue weighted by Gasteiger charge is 2.23. The summed E-state index contributed by atoms with van der Waals surface area (Å²) in [5.41, 5.74) is 5.43. The minimum atomic E-state index is -3.89. The van der Waals surface area contributed by atoms with Crippen LogP contribution in [0.1, 0.15) is 37.6 Å². The molecule has 0 aliphatic heterocycles. The molecule has 0 amide bonds. The molecule has 0 atom stereocenters. The Labute approximate surface area is 119 Å². The van der Waals surface area contributed by atoms with Gasteiger partial charge in [0.15, 0.2) is 0 Å². The second kappa shape index (κ2) is 5.80. The zero-order valence-electron chi connectivity index (χ0n) is 11.8. The number of rotatable bonds is 5. The SMILES string of the molecule is CC(C)(C)CCNS(=O)(=O)c1cc(N)ccc1C(=O)O. The lowest BCUT2D eigenvalue weighted by Gasteiger charge is -2.18. The molecule has 6 nitrogen and oxygen atoms in total. The lowest BCUT2D eigenvalue weighted by atomic mass is 9.93. The molecule has 1 aromatic rings. The van der Waals surface area contributed by atoms with Crippen molar-refractivity contribution in [2.45, 2.75) is 32.1 Å². The number of aromatic carboxylic acids is 1. The first-order chi connectivity index (χ1) is 9.03. The van der Waals surface area contributed by atoms with Gasteiger partial charge in [0.25, 0.3) is 0 Å². The first-order valence-electron chi connectivity index (χ1n) is 6.15. The first-order valence-corrected chi connectivity index (χ1v) is 7.64. The molecule has 0 aliphatic carbocycles. The zero-order chi connectivity index (χ0) is 15.6. The Bertz CT molecular complexity index is 603. The maximum absolute atomic E-state index is 12.2. The molecule has 112 valence electrons. The summed E-state index contributed by atoms with van der Waals surface area (Å²) in [6, 6.07) is 3.70. The third-order valence-electron chi connectivity index (χ3n) is 2.69. The number of benzene rings is 1. The summed E-state index contributed by atoms with van der Waals surface area (Å²) >= 11 is 0. The Morgan fingerprint density at radius 2 is 1.95 bits per heavy atom. The fourth-order valence-electron chi connectivity index (χ4n) is 1.58. The van der Waals surface area contributed by atoms with Gasteiger partial charge in [0.2, 0.25) is 10.0 Å².